The quantitative estimate of drug-likeness (QED) is 0.0327. The Balaban J connectivity index is 0.000000800. The molecule has 0 aromatic carbocycles. The maximum absolute atomic E-state index is 4.92. The van der Waals surface area contributed by atoms with Gasteiger partial charge in [-0.05, 0) is 126 Å². The average Bonchev–Trinajstić information content (AvgIpc) is 3.49. The van der Waals surface area contributed by atoms with Crippen molar-refractivity contribution in [2.45, 2.75) is 263 Å². The van der Waals surface area contributed by atoms with Gasteiger partial charge in [-0.2, -0.15) is 0 Å². The van der Waals surface area contributed by atoms with Crippen molar-refractivity contribution in [1.82, 2.24) is 19.9 Å². The summed E-state index contributed by atoms with van der Waals surface area (Å²) in [6.45, 7) is 47.7. The van der Waals surface area contributed by atoms with Crippen LogP contribution in [0.4, 0.5) is 0 Å². The molecule has 0 aliphatic rings. The molecule has 1 radical (unpaired) electrons. The fourth-order valence-corrected chi connectivity index (χ4v) is 12.4. The Hall–Kier alpha value is -2.56. The van der Waals surface area contributed by atoms with E-state index < -0.39 is 0 Å². The van der Waals surface area contributed by atoms with E-state index in [1.165, 1.54) is 273 Å². The van der Waals surface area contributed by atoms with Crippen molar-refractivity contribution >= 4 is 0 Å². The van der Waals surface area contributed by atoms with Crippen molar-refractivity contribution in [1.29, 1.82) is 0 Å². The summed E-state index contributed by atoms with van der Waals surface area (Å²) in [5.74, 6) is 0. The predicted octanol–water partition coefficient (Wildman–Crippen LogP) is 16.2. The minimum atomic E-state index is 0. The summed E-state index contributed by atoms with van der Waals surface area (Å²) in [5.41, 5.74) is 9.45. The van der Waals surface area contributed by atoms with E-state index in [1.807, 2.05) is 0 Å². The van der Waals surface area contributed by atoms with E-state index in [-0.39, 0.29) is 34.1 Å². The second-order valence-electron chi connectivity index (χ2n) is 25.1. The smallest absolute Gasteiger partial charge is 1.00 e. The standard InChI is InChI=1S/2C36H64N4.BrH.Cu/c2*1-7-13-23-39(24-14-8-2,25-15-9-3)31-33-19-21-35(37-29-33)36-22-20-34(30-38-36)32-40(26-16-10-4,27-17-11-5)28-18-12-6;;/h2*19-22,29-30H,7-18,23-28,31-32H2,1-6H3;1H;/q2*+2;;+2/p-1. The Labute approximate surface area is 528 Å². The number of hydrogen-bond donors (Lipinski definition) is 0. The molecule has 0 unspecified atom stereocenters. The zero-order chi connectivity index (χ0) is 58.2. The van der Waals surface area contributed by atoms with Gasteiger partial charge in [-0.25, -0.2) is 0 Å². The van der Waals surface area contributed by atoms with E-state index in [1.54, 1.807) is 0 Å². The van der Waals surface area contributed by atoms with Crippen LogP contribution in [-0.4, -0.2) is 116 Å². The monoisotopic (exact) mass is 1250 g/mol. The Kier molecular flexibility index (Phi) is 43.2. The summed E-state index contributed by atoms with van der Waals surface area (Å²) in [7, 11) is 0. The molecule has 0 aliphatic heterocycles. The largest absolute Gasteiger partial charge is 2.00 e. The van der Waals surface area contributed by atoms with Gasteiger partial charge in [0, 0.05) is 47.0 Å². The number of nitrogens with zero attached hydrogens (tertiary/aromatic N) is 8. The second-order valence-corrected chi connectivity index (χ2v) is 25.1. The molecule has 0 bridgehead atoms. The van der Waals surface area contributed by atoms with Gasteiger partial charge in [-0.1, -0.05) is 160 Å². The van der Waals surface area contributed by atoms with E-state index in [2.05, 4.69) is 156 Å². The molecule has 10 heteroatoms. The predicted molar refractivity (Wildman–Crippen MR) is 348 cm³/mol. The first-order valence-corrected chi connectivity index (χ1v) is 34.2. The summed E-state index contributed by atoms with van der Waals surface area (Å²) >= 11 is 0. The van der Waals surface area contributed by atoms with Gasteiger partial charge in [0.2, 0.25) is 0 Å². The number of quaternary nitrogens is 4. The molecule has 0 fully saturated rings. The molecule has 4 aromatic rings. The minimum Gasteiger partial charge on any atom is -1.00 e. The number of pyridine rings is 4. The molecule has 0 saturated heterocycles. The maximum atomic E-state index is 4.92. The molecule has 4 aromatic heterocycles. The fourth-order valence-electron chi connectivity index (χ4n) is 12.4. The van der Waals surface area contributed by atoms with E-state index >= 15 is 0 Å². The van der Waals surface area contributed by atoms with Gasteiger partial charge in [-0.15, -0.1) is 0 Å². The third-order valence-electron chi connectivity index (χ3n) is 17.7. The van der Waals surface area contributed by atoms with Crippen LogP contribution < -0.4 is 17.0 Å². The van der Waals surface area contributed by atoms with Crippen LogP contribution in [0.25, 0.3) is 22.8 Å². The molecule has 4 heterocycles. The van der Waals surface area contributed by atoms with Gasteiger partial charge in [0.05, 0.1) is 101 Å². The van der Waals surface area contributed by atoms with E-state index in [4.69, 9.17) is 19.9 Å². The maximum Gasteiger partial charge on any atom is 2.00 e. The number of hydrogen-bond acceptors (Lipinski definition) is 4. The van der Waals surface area contributed by atoms with E-state index in [0.717, 1.165) is 49.0 Å². The Morgan fingerprint density at radius 1 is 0.232 bits per heavy atom. The Morgan fingerprint density at radius 3 is 0.463 bits per heavy atom. The van der Waals surface area contributed by atoms with Crippen LogP contribution in [0.1, 0.15) is 259 Å². The number of rotatable bonds is 46. The van der Waals surface area contributed by atoms with E-state index in [0.29, 0.717) is 0 Å². The van der Waals surface area contributed by atoms with Gasteiger partial charge in [-0.3, -0.25) is 19.9 Å². The molecular formula is C72H128BrCuN8+5. The second kappa shape index (κ2) is 45.7. The average molecular weight is 1250 g/mol. The van der Waals surface area contributed by atoms with Crippen LogP contribution in [0.15, 0.2) is 73.3 Å². The van der Waals surface area contributed by atoms with Gasteiger partial charge in [0.15, 0.2) is 0 Å². The van der Waals surface area contributed by atoms with Crippen LogP contribution in [0, 0.1) is 0 Å². The molecule has 8 nitrogen and oxygen atoms in total. The van der Waals surface area contributed by atoms with Crippen LogP contribution in [0.5, 0.6) is 0 Å². The molecule has 0 N–H and O–H groups in total. The van der Waals surface area contributed by atoms with Crippen molar-refractivity contribution < 1.29 is 52.0 Å². The van der Waals surface area contributed by atoms with Gasteiger partial charge in [0.1, 0.15) is 26.2 Å². The number of aromatic nitrogens is 4. The third kappa shape index (κ3) is 28.8. The number of halogens is 1. The minimum absolute atomic E-state index is 0. The SMILES string of the molecule is CCCC[N+](CCCC)(CCCC)Cc1ccc(-c2ccc(C[N+](CCCC)(CCCC)CCCC)cn2)nc1.CCCC[N+](CCCC)(CCCC)Cc1ccc(-c2ccc(C[N+](CCCC)(CCCC)CCCC)cn2)nc1.[Br-].[Cu+2]. The first-order valence-electron chi connectivity index (χ1n) is 34.2. The third-order valence-corrected chi connectivity index (χ3v) is 17.7. The molecule has 0 saturated carbocycles. The van der Waals surface area contributed by atoms with Crippen molar-refractivity contribution in [3.05, 3.63) is 95.6 Å². The van der Waals surface area contributed by atoms with Crippen LogP contribution in [-0.2, 0) is 43.2 Å². The summed E-state index contributed by atoms with van der Waals surface area (Å²) in [4.78, 5) is 19.7. The van der Waals surface area contributed by atoms with Crippen molar-refractivity contribution in [3.63, 3.8) is 0 Å². The summed E-state index contributed by atoms with van der Waals surface area (Å²) < 4.78 is 4.88. The summed E-state index contributed by atoms with van der Waals surface area (Å²) in [6, 6.07) is 18.1. The molecule has 0 amide bonds. The molecular weight excluding hydrogens is 1120 g/mol. The number of unbranched alkanes of at least 4 members (excludes halogenated alkanes) is 12. The molecule has 0 spiro atoms. The normalized spacial score (nSPS) is 12.0. The Morgan fingerprint density at radius 2 is 0.366 bits per heavy atom. The molecule has 0 atom stereocenters. The van der Waals surface area contributed by atoms with Crippen molar-refractivity contribution in [2.75, 3.05) is 78.5 Å². The molecule has 0 aliphatic carbocycles. The Bertz CT molecular complexity index is 1710. The fraction of sp³-hybridized carbons (Fsp3) is 0.722. The van der Waals surface area contributed by atoms with Gasteiger partial charge < -0.3 is 34.9 Å². The van der Waals surface area contributed by atoms with Gasteiger partial charge >= 0.3 is 17.1 Å². The van der Waals surface area contributed by atoms with Crippen molar-refractivity contribution in [3.8, 4) is 22.8 Å². The molecule has 4 rings (SSSR count). The molecule has 469 valence electrons. The van der Waals surface area contributed by atoms with Crippen LogP contribution in [0.2, 0.25) is 0 Å². The zero-order valence-corrected chi connectivity index (χ0v) is 58.0. The first kappa shape index (κ1) is 77.5. The summed E-state index contributed by atoms with van der Waals surface area (Å²) in [5, 5.41) is 0. The van der Waals surface area contributed by atoms with Crippen LogP contribution in [0.3, 0.4) is 0 Å². The molecule has 82 heavy (non-hydrogen) atoms. The first-order chi connectivity index (χ1) is 39.0. The zero-order valence-electron chi connectivity index (χ0n) is 55.5. The van der Waals surface area contributed by atoms with Crippen molar-refractivity contribution in [2.24, 2.45) is 0 Å². The van der Waals surface area contributed by atoms with E-state index in [9.17, 15) is 0 Å². The van der Waals surface area contributed by atoms with Crippen LogP contribution >= 0.6 is 0 Å². The van der Waals surface area contributed by atoms with Gasteiger partial charge in [0.25, 0.3) is 0 Å². The summed E-state index contributed by atoms with van der Waals surface area (Å²) in [6.07, 6.45) is 39.5. The topological polar surface area (TPSA) is 51.6 Å².